The highest BCUT2D eigenvalue weighted by Crippen LogP contribution is 2.22. The van der Waals surface area contributed by atoms with Crippen molar-refractivity contribution in [3.05, 3.63) is 33.8 Å². The lowest BCUT2D eigenvalue weighted by Gasteiger charge is -2.02. The Bertz CT molecular complexity index is 562. The number of rotatable bonds is 0. The molecular formula is C9H8ClN3O. The summed E-state index contributed by atoms with van der Waals surface area (Å²) in [4.78, 5) is 15.7. The quantitative estimate of drug-likeness (QED) is 0.663. The van der Waals surface area contributed by atoms with Gasteiger partial charge in [0.1, 0.15) is 0 Å². The van der Waals surface area contributed by atoms with Crippen LogP contribution >= 0.6 is 11.6 Å². The van der Waals surface area contributed by atoms with Gasteiger partial charge in [0.15, 0.2) is 0 Å². The summed E-state index contributed by atoms with van der Waals surface area (Å²) in [5, 5.41) is 0.858. The van der Waals surface area contributed by atoms with Crippen molar-refractivity contribution in [2.45, 2.75) is 0 Å². The fraction of sp³-hybridized carbons (Fsp3) is 0.111. The van der Waals surface area contributed by atoms with Crippen LogP contribution in [0, 0.1) is 0 Å². The number of nitrogens with two attached hydrogens (primary N) is 1. The summed E-state index contributed by atoms with van der Waals surface area (Å²) in [6, 6.07) is 3.14. The molecule has 5 heteroatoms. The number of benzene rings is 1. The second-order valence-corrected chi connectivity index (χ2v) is 3.46. The van der Waals surface area contributed by atoms with Crippen molar-refractivity contribution in [1.29, 1.82) is 0 Å². The van der Waals surface area contributed by atoms with E-state index in [1.807, 2.05) is 0 Å². The van der Waals surface area contributed by atoms with Gasteiger partial charge in [-0.2, -0.15) is 0 Å². The minimum Gasteiger partial charge on any atom is -0.397 e. The summed E-state index contributed by atoms with van der Waals surface area (Å²) in [6.07, 6.45) is 1.46. The van der Waals surface area contributed by atoms with E-state index in [-0.39, 0.29) is 5.56 Å². The molecule has 0 atom stereocenters. The van der Waals surface area contributed by atoms with E-state index in [0.29, 0.717) is 21.6 Å². The SMILES string of the molecule is Cn1cnc2cc(N)c(Cl)cc2c1=O. The third-order valence-corrected chi connectivity index (χ3v) is 2.36. The zero-order valence-corrected chi connectivity index (χ0v) is 8.25. The van der Waals surface area contributed by atoms with Crippen molar-refractivity contribution in [3.8, 4) is 0 Å². The first-order chi connectivity index (χ1) is 6.59. The van der Waals surface area contributed by atoms with E-state index in [4.69, 9.17) is 17.3 Å². The van der Waals surface area contributed by atoms with Crippen molar-refractivity contribution in [2.75, 3.05) is 5.73 Å². The highest BCUT2D eigenvalue weighted by atomic mass is 35.5. The number of hydrogen-bond acceptors (Lipinski definition) is 3. The smallest absolute Gasteiger partial charge is 0.260 e. The fourth-order valence-electron chi connectivity index (χ4n) is 1.25. The predicted octanol–water partition coefficient (Wildman–Crippen LogP) is 1.17. The second-order valence-electron chi connectivity index (χ2n) is 3.05. The third-order valence-electron chi connectivity index (χ3n) is 2.04. The number of aromatic nitrogens is 2. The van der Waals surface area contributed by atoms with Gasteiger partial charge >= 0.3 is 0 Å². The number of hydrogen-bond donors (Lipinski definition) is 1. The van der Waals surface area contributed by atoms with Gasteiger partial charge in [-0.3, -0.25) is 4.79 Å². The van der Waals surface area contributed by atoms with Crippen LogP contribution in [0.25, 0.3) is 10.9 Å². The van der Waals surface area contributed by atoms with Crippen molar-refractivity contribution in [3.63, 3.8) is 0 Å². The van der Waals surface area contributed by atoms with E-state index in [9.17, 15) is 4.79 Å². The average Bonchev–Trinajstić information content (AvgIpc) is 2.15. The van der Waals surface area contributed by atoms with Crippen LogP contribution < -0.4 is 11.3 Å². The maximum atomic E-state index is 11.6. The molecule has 0 spiro atoms. The van der Waals surface area contributed by atoms with Gasteiger partial charge < -0.3 is 10.3 Å². The summed E-state index contributed by atoms with van der Waals surface area (Å²) in [7, 11) is 1.64. The van der Waals surface area contributed by atoms with Crippen molar-refractivity contribution >= 4 is 28.2 Å². The maximum absolute atomic E-state index is 11.6. The molecule has 0 amide bonds. The molecule has 2 aromatic rings. The fourth-order valence-corrected chi connectivity index (χ4v) is 1.41. The molecule has 0 aliphatic heterocycles. The lowest BCUT2D eigenvalue weighted by molar-refractivity contribution is 0.843. The molecule has 0 radical (unpaired) electrons. The lowest BCUT2D eigenvalue weighted by atomic mass is 10.2. The summed E-state index contributed by atoms with van der Waals surface area (Å²) >= 11 is 5.81. The Morgan fingerprint density at radius 2 is 2.21 bits per heavy atom. The number of anilines is 1. The van der Waals surface area contributed by atoms with Crippen molar-refractivity contribution < 1.29 is 0 Å². The van der Waals surface area contributed by atoms with E-state index in [0.717, 1.165) is 0 Å². The van der Waals surface area contributed by atoms with Crippen LogP contribution in [0.2, 0.25) is 5.02 Å². The van der Waals surface area contributed by atoms with Gasteiger partial charge in [-0.25, -0.2) is 4.98 Å². The largest absolute Gasteiger partial charge is 0.397 e. The van der Waals surface area contributed by atoms with Gasteiger partial charge in [-0.15, -0.1) is 0 Å². The molecule has 2 rings (SSSR count). The van der Waals surface area contributed by atoms with Crippen LogP contribution in [-0.4, -0.2) is 9.55 Å². The minimum atomic E-state index is -0.128. The van der Waals surface area contributed by atoms with Gasteiger partial charge in [-0.05, 0) is 12.1 Å². The molecule has 1 aromatic carbocycles. The van der Waals surface area contributed by atoms with E-state index in [1.54, 1.807) is 19.2 Å². The Labute approximate surface area is 84.9 Å². The van der Waals surface area contributed by atoms with Crippen LogP contribution in [-0.2, 0) is 7.05 Å². The van der Waals surface area contributed by atoms with E-state index < -0.39 is 0 Å². The van der Waals surface area contributed by atoms with E-state index >= 15 is 0 Å². The molecule has 4 nitrogen and oxygen atoms in total. The highest BCUT2D eigenvalue weighted by Gasteiger charge is 2.05. The van der Waals surface area contributed by atoms with Gasteiger partial charge in [0, 0.05) is 7.05 Å². The molecule has 1 heterocycles. The van der Waals surface area contributed by atoms with Crippen LogP contribution in [0.5, 0.6) is 0 Å². The molecule has 0 saturated carbocycles. The summed E-state index contributed by atoms with van der Waals surface area (Å²) in [5.41, 5.74) is 6.46. The predicted molar refractivity (Wildman–Crippen MR) is 56.4 cm³/mol. The van der Waals surface area contributed by atoms with Gasteiger partial charge in [0.05, 0.1) is 27.9 Å². The Kier molecular flexibility index (Phi) is 1.93. The molecule has 0 bridgehead atoms. The standard InChI is InChI=1S/C9H8ClN3O/c1-13-4-12-8-3-7(11)6(10)2-5(8)9(13)14/h2-4H,11H2,1H3. The van der Waals surface area contributed by atoms with Gasteiger partial charge in [0.2, 0.25) is 0 Å². The summed E-state index contributed by atoms with van der Waals surface area (Å²) < 4.78 is 1.40. The van der Waals surface area contributed by atoms with Gasteiger partial charge in [-0.1, -0.05) is 11.6 Å². The number of aryl methyl sites for hydroxylation is 1. The molecule has 1 aromatic heterocycles. The normalized spacial score (nSPS) is 10.7. The van der Waals surface area contributed by atoms with Crippen LogP contribution in [0.15, 0.2) is 23.3 Å². The topological polar surface area (TPSA) is 60.9 Å². The lowest BCUT2D eigenvalue weighted by Crippen LogP contribution is -2.16. The first-order valence-electron chi connectivity index (χ1n) is 4.00. The number of halogens is 1. The second kappa shape index (κ2) is 2.99. The van der Waals surface area contributed by atoms with Crippen LogP contribution in [0.4, 0.5) is 5.69 Å². The van der Waals surface area contributed by atoms with Gasteiger partial charge in [0.25, 0.3) is 5.56 Å². The molecule has 0 fully saturated rings. The first kappa shape index (κ1) is 9.02. The molecule has 0 aliphatic rings. The van der Waals surface area contributed by atoms with Crippen molar-refractivity contribution in [1.82, 2.24) is 9.55 Å². The zero-order valence-electron chi connectivity index (χ0n) is 7.49. The molecule has 0 saturated heterocycles. The molecule has 72 valence electrons. The van der Waals surface area contributed by atoms with Crippen molar-refractivity contribution in [2.24, 2.45) is 7.05 Å². The number of nitrogens with zero attached hydrogens (tertiary/aromatic N) is 2. The first-order valence-corrected chi connectivity index (χ1v) is 4.38. The zero-order chi connectivity index (χ0) is 10.3. The Morgan fingerprint density at radius 3 is 2.93 bits per heavy atom. The van der Waals surface area contributed by atoms with Crippen LogP contribution in [0.1, 0.15) is 0 Å². The van der Waals surface area contributed by atoms with E-state index in [1.165, 1.54) is 10.9 Å². The Balaban J connectivity index is 2.97. The highest BCUT2D eigenvalue weighted by molar-refractivity contribution is 6.33. The minimum absolute atomic E-state index is 0.128. The Hall–Kier alpha value is -1.55. The van der Waals surface area contributed by atoms with Crippen LogP contribution in [0.3, 0.4) is 0 Å². The number of fused-ring (bicyclic) bond motifs is 1. The maximum Gasteiger partial charge on any atom is 0.260 e. The Morgan fingerprint density at radius 1 is 1.50 bits per heavy atom. The molecule has 14 heavy (non-hydrogen) atoms. The molecule has 0 unspecified atom stereocenters. The number of nitrogen functional groups attached to an aromatic ring is 1. The monoisotopic (exact) mass is 209 g/mol. The molecule has 0 aliphatic carbocycles. The van der Waals surface area contributed by atoms with E-state index in [2.05, 4.69) is 4.98 Å². The molecular weight excluding hydrogens is 202 g/mol. The summed E-state index contributed by atoms with van der Waals surface area (Å²) in [6.45, 7) is 0. The average molecular weight is 210 g/mol. The summed E-state index contributed by atoms with van der Waals surface area (Å²) in [5.74, 6) is 0. The third kappa shape index (κ3) is 1.24. The molecule has 2 N–H and O–H groups in total.